The van der Waals surface area contributed by atoms with E-state index in [1.807, 2.05) is 0 Å². The topological polar surface area (TPSA) is 52.0 Å². The Morgan fingerprint density at radius 3 is 2.83 bits per heavy atom. The van der Waals surface area contributed by atoms with Gasteiger partial charge in [-0.25, -0.2) is 0 Å². The van der Waals surface area contributed by atoms with E-state index in [9.17, 15) is 0 Å². The molecule has 0 atom stereocenters. The van der Waals surface area contributed by atoms with E-state index in [-0.39, 0.29) is 0 Å². The second kappa shape index (κ2) is 1.21. The summed E-state index contributed by atoms with van der Waals surface area (Å²) in [6, 6.07) is 0. The fraction of sp³-hybridized carbons (Fsp3) is 0. The molecule has 0 aromatic carbocycles. The fourth-order valence-electron chi connectivity index (χ4n) is 0.226. The lowest BCUT2D eigenvalue weighted by Crippen LogP contribution is -2.04. The van der Waals surface area contributed by atoms with Crippen molar-refractivity contribution in [1.29, 1.82) is 0 Å². The predicted octanol–water partition coefficient (Wildman–Crippen LogP) is -0.586. The van der Waals surface area contributed by atoms with Crippen LogP contribution in [0.15, 0.2) is 16.1 Å². The van der Waals surface area contributed by atoms with Crippen molar-refractivity contribution in [2.45, 2.75) is 0 Å². The number of nitrogens with two attached hydrogens (primary N) is 1. The molecule has 1 rings (SSSR count). The molecule has 0 aliphatic heterocycles. The van der Waals surface area contributed by atoms with Gasteiger partial charge in [-0.15, -0.1) is 5.16 Å². The molecule has 2 N–H and O–H groups in total. The summed E-state index contributed by atoms with van der Waals surface area (Å²) in [5.41, 5.74) is 1.77. The molecule has 1 aromatic rings. The van der Waals surface area contributed by atoms with Crippen LogP contribution in [0.3, 0.4) is 0 Å². The highest BCUT2D eigenvalue weighted by atomic mass is 28.3. The van der Waals surface area contributed by atoms with Gasteiger partial charge in [-0.1, -0.05) is 0 Å². The SMILES string of the molecule is N[si]1ccno1. The van der Waals surface area contributed by atoms with Gasteiger partial charge in [0.2, 0.25) is 0 Å². The van der Waals surface area contributed by atoms with Crippen LogP contribution in [0.5, 0.6) is 0 Å². The Morgan fingerprint density at radius 1 is 1.83 bits per heavy atom. The molecule has 0 amide bonds. The van der Waals surface area contributed by atoms with Crippen LogP contribution in [-0.4, -0.2) is 14.0 Å². The van der Waals surface area contributed by atoms with Gasteiger partial charge in [0, 0.05) is 5.68 Å². The molecule has 4 heteroatoms. The number of hydrogen-bond acceptors (Lipinski definition) is 3. The minimum Gasteiger partial charge on any atom is -0.402 e. The fourth-order valence-corrected chi connectivity index (χ4v) is 0.677. The van der Waals surface area contributed by atoms with Crippen LogP contribution in [-0.2, 0) is 0 Å². The van der Waals surface area contributed by atoms with Gasteiger partial charge in [-0.05, 0) is 0 Å². The number of nitrogen functional groups attached to an aromatic ring is 1. The van der Waals surface area contributed by atoms with Gasteiger partial charge in [0.25, 0.3) is 0 Å². The van der Waals surface area contributed by atoms with Gasteiger partial charge < -0.3 is 9.60 Å². The normalized spacial score (nSPS) is 8.67. The average Bonchev–Trinajstić information content (AvgIpc) is 1.86. The molecular weight excluding hydrogens is 96.1 g/mol. The summed E-state index contributed by atoms with van der Waals surface area (Å²) in [6.07, 6.45) is 1.58. The first kappa shape index (κ1) is 3.54. The van der Waals surface area contributed by atoms with Gasteiger partial charge in [0.05, 0.1) is 6.20 Å². The number of rotatable bonds is 0. The molecule has 0 bridgehead atoms. The van der Waals surface area contributed by atoms with Crippen molar-refractivity contribution in [1.82, 2.24) is 5.16 Å². The van der Waals surface area contributed by atoms with Crippen molar-refractivity contribution in [3.8, 4) is 0 Å². The maximum absolute atomic E-state index is 5.23. The Morgan fingerprint density at radius 2 is 2.67 bits per heavy atom. The molecule has 1 aromatic heterocycles. The van der Waals surface area contributed by atoms with Crippen LogP contribution in [0, 0.1) is 0 Å². The maximum atomic E-state index is 5.23. The highest BCUT2D eigenvalue weighted by molar-refractivity contribution is 6.40. The summed E-state index contributed by atoms with van der Waals surface area (Å²) in [4.78, 5) is 0. The van der Waals surface area contributed by atoms with Crippen molar-refractivity contribution in [2.75, 3.05) is 5.40 Å². The molecule has 0 aliphatic rings. The molecule has 32 valence electrons. The third-order valence-electron chi connectivity index (χ3n) is 0.458. The van der Waals surface area contributed by atoms with Gasteiger partial charge >= 0.3 is 8.82 Å². The molecule has 0 spiro atoms. The number of nitrogens with zero attached hydrogens (tertiary/aromatic N) is 1. The largest absolute Gasteiger partial charge is 0.402 e. The number of hydrogen-bond donors (Lipinski definition) is 1. The number of aromatic nitrogens is 1. The quantitative estimate of drug-likeness (QED) is 0.443. The highest BCUT2D eigenvalue weighted by Gasteiger charge is 1.83. The lowest BCUT2D eigenvalue weighted by Gasteiger charge is -1.64. The standard InChI is InChI=1S/C2H4N2OSi/c3-6-2-1-4-5-6/h1-2H,3H2. The lowest BCUT2D eigenvalue weighted by atomic mass is 11.1. The Balaban J connectivity index is 3.05. The molecule has 0 aliphatic carbocycles. The Kier molecular flexibility index (Phi) is 0.718. The Hall–Kier alpha value is -0.643. The summed E-state index contributed by atoms with van der Waals surface area (Å²) < 4.78 is 4.55. The third kappa shape index (κ3) is 0.461. The van der Waals surface area contributed by atoms with E-state index in [1.54, 1.807) is 11.9 Å². The lowest BCUT2D eigenvalue weighted by molar-refractivity contribution is 0.491. The van der Waals surface area contributed by atoms with Gasteiger partial charge in [-0.3, -0.25) is 0 Å². The first-order chi connectivity index (χ1) is 2.89. The predicted molar refractivity (Wildman–Crippen MR) is 22.6 cm³/mol. The summed E-state index contributed by atoms with van der Waals surface area (Å²) in [5, 5.41) is 8.64. The van der Waals surface area contributed by atoms with Crippen molar-refractivity contribution >= 4 is 8.82 Å². The third-order valence-corrected chi connectivity index (χ3v) is 1.25. The zero-order chi connectivity index (χ0) is 4.41. The Bertz CT molecular complexity index is 115. The highest BCUT2D eigenvalue weighted by Crippen LogP contribution is 1.68. The summed E-state index contributed by atoms with van der Waals surface area (Å²) in [6.45, 7) is 0. The molecule has 0 fully saturated rings. The van der Waals surface area contributed by atoms with Gasteiger partial charge in [0.1, 0.15) is 0 Å². The van der Waals surface area contributed by atoms with Crippen LogP contribution in [0.2, 0.25) is 0 Å². The Labute approximate surface area is 36.5 Å². The van der Waals surface area contributed by atoms with Gasteiger partial charge in [0.15, 0.2) is 0 Å². The summed E-state index contributed by atoms with van der Waals surface area (Å²) >= 11 is 0. The average molecular weight is 100 g/mol. The van der Waals surface area contributed by atoms with E-state index in [0.717, 1.165) is 0 Å². The monoisotopic (exact) mass is 100 g/mol. The molecule has 0 unspecified atom stereocenters. The van der Waals surface area contributed by atoms with Crippen LogP contribution < -0.4 is 5.40 Å². The zero-order valence-corrected chi connectivity index (χ0v) is 4.09. The van der Waals surface area contributed by atoms with Crippen molar-refractivity contribution in [2.24, 2.45) is 0 Å². The van der Waals surface area contributed by atoms with Crippen molar-refractivity contribution in [3.63, 3.8) is 0 Å². The van der Waals surface area contributed by atoms with Crippen LogP contribution in [0.4, 0.5) is 0 Å². The van der Waals surface area contributed by atoms with Gasteiger partial charge in [-0.2, -0.15) is 0 Å². The van der Waals surface area contributed by atoms with Crippen molar-refractivity contribution in [3.05, 3.63) is 11.9 Å². The molecule has 0 saturated heterocycles. The smallest absolute Gasteiger partial charge is 0.394 e. The van der Waals surface area contributed by atoms with E-state index in [2.05, 4.69) is 9.36 Å². The van der Waals surface area contributed by atoms with Crippen LogP contribution >= 0.6 is 0 Å². The van der Waals surface area contributed by atoms with Crippen molar-refractivity contribution < 1.29 is 4.20 Å². The van der Waals surface area contributed by atoms with E-state index in [1.165, 1.54) is 0 Å². The van der Waals surface area contributed by atoms with E-state index in [0.29, 0.717) is 0 Å². The zero-order valence-electron chi connectivity index (χ0n) is 3.09. The summed E-state index contributed by atoms with van der Waals surface area (Å²) in [5.74, 6) is 0. The molecular formula is C2H4N2OSi. The van der Waals surface area contributed by atoms with Crippen LogP contribution in [0.25, 0.3) is 0 Å². The van der Waals surface area contributed by atoms with E-state index >= 15 is 0 Å². The minimum absolute atomic E-state index is 1.10. The summed E-state index contributed by atoms with van der Waals surface area (Å²) in [7, 11) is -1.10. The maximum Gasteiger partial charge on any atom is 0.394 e. The molecule has 1 heterocycles. The van der Waals surface area contributed by atoms with E-state index in [4.69, 9.17) is 5.40 Å². The first-order valence-electron chi connectivity index (χ1n) is 1.56. The molecule has 3 nitrogen and oxygen atoms in total. The second-order valence-electron chi connectivity index (χ2n) is 0.915. The molecule has 0 saturated carbocycles. The minimum atomic E-state index is -1.10. The molecule has 6 heavy (non-hydrogen) atoms. The van der Waals surface area contributed by atoms with Crippen LogP contribution in [0.1, 0.15) is 0 Å². The molecule has 0 radical (unpaired) electrons. The second-order valence-corrected chi connectivity index (χ2v) is 2.24. The first-order valence-corrected chi connectivity index (χ1v) is 3.12. The van der Waals surface area contributed by atoms with E-state index < -0.39 is 8.82 Å².